The number of nitro groups is 1. The summed E-state index contributed by atoms with van der Waals surface area (Å²) in [4.78, 5) is 24.9. The molecule has 0 aliphatic carbocycles. The summed E-state index contributed by atoms with van der Waals surface area (Å²) in [6.45, 7) is 3.84. The highest BCUT2D eigenvalue weighted by atomic mass is 16.6. The van der Waals surface area contributed by atoms with Crippen molar-refractivity contribution < 1.29 is 9.72 Å². The molecule has 20 heavy (non-hydrogen) atoms. The molecule has 1 aromatic rings. The Morgan fingerprint density at radius 2 is 2.05 bits per heavy atom. The summed E-state index contributed by atoms with van der Waals surface area (Å²) >= 11 is 0. The number of rotatable bonds is 4. The molecular weight excluding hydrogens is 258 g/mol. The second-order valence-corrected chi connectivity index (χ2v) is 4.84. The number of amides is 1. The van der Waals surface area contributed by atoms with Gasteiger partial charge in [0.25, 0.3) is 11.6 Å². The van der Waals surface area contributed by atoms with Crippen LogP contribution in [0.5, 0.6) is 0 Å². The Balaban J connectivity index is 2.36. The first kappa shape index (κ1) is 14.3. The van der Waals surface area contributed by atoms with Gasteiger partial charge in [-0.1, -0.05) is 6.07 Å². The van der Waals surface area contributed by atoms with Gasteiger partial charge >= 0.3 is 0 Å². The van der Waals surface area contributed by atoms with E-state index in [1.54, 1.807) is 17.0 Å². The smallest absolute Gasteiger partial charge is 0.293 e. The third-order valence-electron chi connectivity index (χ3n) is 3.47. The molecule has 1 saturated heterocycles. The molecular formula is C14H19N3O3. The number of para-hydroxylation sites is 1. The molecule has 0 unspecified atom stereocenters. The van der Waals surface area contributed by atoms with Gasteiger partial charge in [0.1, 0.15) is 5.69 Å². The van der Waals surface area contributed by atoms with E-state index in [0.29, 0.717) is 17.8 Å². The second-order valence-electron chi connectivity index (χ2n) is 4.84. The SMILES string of the molecule is CCNc1c(C(=O)N2CCCCC2)cccc1[N+](=O)[O-]. The maximum absolute atomic E-state index is 12.5. The number of nitro benzene ring substituents is 1. The van der Waals surface area contributed by atoms with Gasteiger partial charge in [-0.25, -0.2) is 0 Å². The normalized spacial score (nSPS) is 14.9. The molecule has 0 bridgehead atoms. The van der Waals surface area contributed by atoms with Gasteiger partial charge in [-0.05, 0) is 32.3 Å². The largest absolute Gasteiger partial charge is 0.379 e. The van der Waals surface area contributed by atoms with Gasteiger partial charge in [-0.2, -0.15) is 0 Å². The van der Waals surface area contributed by atoms with Crippen LogP contribution in [0.3, 0.4) is 0 Å². The fourth-order valence-corrected chi connectivity index (χ4v) is 2.50. The van der Waals surface area contributed by atoms with Gasteiger partial charge in [-0.15, -0.1) is 0 Å². The zero-order chi connectivity index (χ0) is 14.5. The van der Waals surface area contributed by atoms with Crippen molar-refractivity contribution in [2.24, 2.45) is 0 Å². The van der Waals surface area contributed by atoms with Crippen molar-refractivity contribution >= 4 is 17.3 Å². The quantitative estimate of drug-likeness (QED) is 0.678. The molecule has 1 aromatic carbocycles. The average Bonchev–Trinajstić information content (AvgIpc) is 2.47. The molecule has 0 saturated carbocycles. The van der Waals surface area contributed by atoms with E-state index < -0.39 is 4.92 Å². The summed E-state index contributed by atoms with van der Waals surface area (Å²) in [5, 5.41) is 14.0. The molecule has 6 nitrogen and oxygen atoms in total. The third-order valence-corrected chi connectivity index (χ3v) is 3.47. The Bertz CT molecular complexity index is 510. The van der Waals surface area contributed by atoms with Crippen LogP contribution >= 0.6 is 0 Å². The molecule has 1 heterocycles. The highest BCUT2D eigenvalue weighted by molar-refractivity contribution is 6.01. The zero-order valence-corrected chi connectivity index (χ0v) is 11.6. The molecule has 1 aliphatic heterocycles. The van der Waals surface area contributed by atoms with Gasteiger partial charge in [0.2, 0.25) is 0 Å². The minimum absolute atomic E-state index is 0.0466. The summed E-state index contributed by atoms with van der Waals surface area (Å²) in [5.41, 5.74) is 0.674. The van der Waals surface area contributed by atoms with E-state index >= 15 is 0 Å². The molecule has 1 amide bonds. The fraction of sp³-hybridized carbons (Fsp3) is 0.500. The topological polar surface area (TPSA) is 75.5 Å². The van der Waals surface area contributed by atoms with Crippen LogP contribution in [0.2, 0.25) is 0 Å². The maximum atomic E-state index is 12.5. The summed E-state index contributed by atoms with van der Waals surface area (Å²) in [7, 11) is 0. The molecule has 1 fully saturated rings. The molecule has 0 atom stereocenters. The average molecular weight is 277 g/mol. The van der Waals surface area contributed by atoms with Crippen LogP contribution in [0, 0.1) is 10.1 Å². The Labute approximate surface area is 117 Å². The Kier molecular flexibility index (Phi) is 4.55. The number of carbonyl (C=O) groups is 1. The van der Waals surface area contributed by atoms with Crippen molar-refractivity contribution in [1.29, 1.82) is 0 Å². The van der Waals surface area contributed by atoms with Crippen molar-refractivity contribution in [1.82, 2.24) is 4.90 Å². The summed E-state index contributed by atoms with van der Waals surface area (Å²) in [6, 6.07) is 4.64. The van der Waals surface area contributed by atoms with E-state index in [2.05, 4.69) is 5.32 Å². The molecule has 6 heteroatoms. The van der Waals surface area contributed by atoms with Crippen LogP contribution in [0.25, 0.3) is 0 Å². The standard InChI is InChI=1S/C14H19N3O3/c1-2-15-13-11(7-6-8-12(13)17(19)20)14(18)16-9-4-3-5-10-16/h6-8,15H,2-5,9-10H2,1H3. The highest BCUT2D eigenvalue weighted by Gasteiger charge is 2.25. The third kappa shape index (κ3) is 2.89. The van der Waals surface area contributed by atoms with Gasteiger partial charge < -0.3 is 10.2 Å². The lowest BCUT2D eigenvalue weighted by Gasteiger charge is -2.27. The van der Waals surface area contributed by atoms with E-state index in [0.717, 1.165) is 32.4 Å². The highest BCUT2D eigenvalue weighted by Crippen LogP contribution is 2.29. The monoisotopic (exact) mass is 277 g/mol. The predicted octanol–water partition coefficient (Wildman–Crippen LogP) is 2.65. The lowest BCUT2D eigenvalue weighted by Crippen LogP contribution is -2.36. The number of hydrogen-bond acceptors (Lipinski definition) is 4. The van der Waals surface area contributed by atoms with Crippen molar-refractivity contribution in [3.8, 4) is 0 Å². The van der Waals surface area contributed by atoms with Gasteiger partial charge in [-0.3, -0.25) is 14.9 Å². The summed E-state index contributed by atoms with van der Waals surface area (Å²) in [6.07, 6.45) is 3.13. The summed E-state index contributed by atoms with van der Waals surface area (Å²) in [5.74, 6) is -0.121. The number of piperidine rings is 1. The van der Waals surface area contributed by atoms with E-state index in [1.165, 1.54) is 6.07 Å². The van der Waals surface area contributed by atoms with Gasteiger partial charge in [0.15, 0.2) is 0 Å². The lowest BCUT2D eigenvalue weighted by atomic mass is 10.1. The first-order valence-corrected chi connectivity index (χ1v) is 6.95. The van der Waals surface area contributed by atoms with Crippen LogP contribution in [0.1, 0.15) is 36.5 Å². The molecule has 1 N–H and O–H groups in total. The number of nitrogens with zero attached hydrogens (tertiary/aromatic N) is 2. The van der Waals surface area contributed by atoms with Crippen molar-refractivity contribution in [2.45, 2.75) is 26.2 Å². The summed E-state index contributed by atoms with van der Waals surface area (Å²) < 4.78 is 0. The Morgan fingerprint density at radius 3 is 2.65 bits per heavy atom. The first-order chi connectivity index (χ1) is 9.65. The van der Waals surface area contributed by atoms with Gasteiger partial charge in [0, 0.05) is 25.7 Å². The number of nitrogens with one attached hydrogen (secondary N) is 1. The van der Waals surface area contributed by atoms with Crippen molar-refractivity contribution in [3.05, 3.63) is 33.9 Å². The minimum atomic E-state index is -0.453. The molecule has 0 spiro atoms. The Morgan fingerprint density at radius 1 is 1.35 bits per heavy atom. The lowest BCUT2D eigenvalue weighted by molar-refractivity contribution is -0.384. The van der Waals surface area contributed by atoms with E-state index in [4.69, 9.17) is 0 Å². The van der Waals surface area contributed by atoms with Gasteiger partial charge in [0.05, 0.1) is 10.5 Å². The van der Waals surface area contributed by atoms with Crippen LogP contribution in [-0.4, -0.2) is 35.4 Å². The number of benzene rings is 1. The minimum Gasteiger partial charge on any atom is -0.379 e. The fourth-order valence-electron chi connectivity index (χ4n) is 2.50. The second kappa shape index (κ2) is 6.36. The number of anilines is 1. The van der Waals surface area contributed by atoms with Crippen LogP contribution in [0.4, 0.5) is 11.4 Å². The van der Waals surface area contributed by atoms with Crippen molar-refractivity contribution in [3.63, 3.8) is 0 Å². The molecule has 1 aliphatic rings. The molecule has 108 valence electrons. The van der Waals surface area contributed by atoms with Crippen LogP contribution < -0.4 is 5.32 Å². The van der Waals surface area contributed by atoms with Crippen LogP contribution in [-0.2, 0) is 0 Å². The molecule has 0 radical (unpaired) electrons. The van der Waals surface area contributed by atoms with Crippen molar-refractivity contribution in [2.75, 3.05) is 25.0 Å². The van der Waals surface area contributed by atoms with Crippen LogP contribution in [0.15, 0.2) is 18.2 Å². The van der Waals surface area contributed by atoms with E-state index in [1.807, 2.05) is 6.92 Å². The molecule has 0 aromatic heterocycles. The zero-order valence-electron chi connectivity index (χ0n) is 11.6. The van der Waals surface area contributed by atoms with E-state index in [9.17, 15) is 14.9 Å². The number of likely N-dealkylation sites (tertiary alicyclic amines) is 1. The molecule has 2 rings (SSSR count). The first-order valence-electron chi connectivity index (χ1n) is 6.95. The Hall–Kier alpha value is -2.11. The van der Waals surface area contributed by atoms with E-state index in [-0.39, 0.29) is 11.6 Å². The predicted molar refractivity (Wildman–Crippen MR) is 77.0 cm³/mol. The number of hydrogen-bond donors (Lipinski definition) is 1. The number of carbonyl (C=O) groups excluding carboxylic acids is 1. The maximum Gasteiger partial charge on any atom is 0.293 e.